The maximum atomic E-state index is 12.5. The molecule has 2 nitrogen and oxygen atoms in total. The van der Waals surface area contributed by atoms with Crippen LogP contribution in [0.15, 0.2) is 24.3 Å². The molecule has 0 saturated carbocycles. The Bertz CT molecular complexity index is 371. The van der Waals surface area contributed by atoms with Crippen LogP contribution in [-0.4, -0.2) is 12.1 Å². The van der Waals surface area contributed by atoms with Gasteiger partial charge in [-0.1, -0.05) is 12.1 Å². The average Bonchev–Trinajstić information content (AvgIpc) is 2.17. The first kappa shape index (κ1) is 12.5. The number of amides is 1. The van der Waals surface area contributed by atoms with Gasteiger partial charge in [0, 0.05) is 0 Å². The maximum Gasteiger partial charge on any atom is 0.471 e. The molecule has 1 unspecified atom stereocenters. The Labute approximate surface area is 89.3 Å². The highest BCUT2D eigenvalue weighted by Gasteiger charge is 2.39. The fourth-order valence-electron chi connectivity index (χ4n) is 1.11. The van der Waals surface area contributed by atoms with Crippen molar-refractivity contribution in [3.63, 3.8) is 0 Å². The van der Waals surface area contributed by atoms with E-state index in [1.165, 1.54) is 19.1 Å². The minimum absolute atomic E-state index is 0.402. The van der Waals surface area contributed by atoms with Gasteiger partial charge in [0.15, 0.2) is 0 Å². The van der Waals surface area contributed by atoms with Gasteiger partial charge in [0.25, 0.3) is 0 Å². The van der Waals surface area contributed by atoms with Crippen LogP contribution < -0.4 is 5.32 Å². The lowest BCUT2D eigenvalue weighted by Gasteiger charge is -2.15. The molecule has 0 aliphatic carbocycles. The predicted octanol–water partition coefficient (Wildman–Crippen LogP) is 2.57. The molecule has 1 rings (SSSR count). The number of rotatable bonds is 2. The zero-order valence-corrected chi connectivity index (χ0v) is 8.31. The largest absolute Gasteiger partial charge is 0.471 e. The van der Waals surface area contributed by atoms with Crippen LogP contribution in [0.4, 0.5) is 17.6 Å². The average molecular weight is 235 g/mol. The van der Waals surface area contributed by atoms with Gasteiger partial charge in [0.1, 0.15) is 5.82 Å². The topological polar surface area (TPSA) is 29.1 Å². The first-order valence-electron chi connectivity index (χ1n) is 4.44. The SMILES string of the molecule is CC(NC(=O)C(F)(F)F)c1ccc(F)cc1. The zero-order valence-electron chi connectivity index (χ0n) is 8.31. The Hall–Kier alpha value is -1.59. The van der Waals surface area contributed by atoms with Crippen LogP contribution in [0.25, 0.3) is 0 Å². The zero-order chi connectivity index (χ0) is 12.3. The van der Waals surface area contributed by atoms with E-state index in [2.05, 4.69) is 0 Å². The maximum absolute atomic E-state index is 12.5. The third-order valence-corrected chi connectivity index (χ3v) is 1.98. The summed E-state index contributed by atoms with van der Waals surface area (Å²) in [7, 11) is 0. The fourth-order valence-corrected chi connectivity index (χ4v) is 1.11. The van der Waals surface area contributed by atoms with E-state index in [-0.39, 0.29) is 0 Å². The van der Waals surface area contributed by atoms with Crippen molar-refractivity contribution in [1.82, 2.24) is 5.32 Å². The predicted molar refractivity (Wildman–Crippen MR) is 49.0 cm³/mol. The summed E-state index contributed by atoms with van der Waals surface area (Å²) in [6.45, 7) is 1.39. The summed E-state index contributed by atoms with van der Waals surface area (Å²) in [6, 6.07) is 4.04. The third kappa shape index (κ3) is 3.22. The lowest BCUT2D eigenvalue weighted by molar-refractivity contribution is -0.174. The third-order valence-electron chi connectivity index (χ3n) is 1.98. The second kappa shape index (κ2) is 4.51. The van der Waals surface area contributed by atoms with Gasteiger partial charge in [-0.2, -0.15) is 13.2 Å². The van der Waals surface area contributed by atoms with Gasteiger partial charge < -0.3 is 5.32 Å². The fraction of sp³-hybridized carbons (Fsp3) is 0.300. The van der Waals surface area contributed by atoms with Crippen molar-refractivity contribution in [3.8, 4) is 0 Å². The molecular weight excluding hydrogens is 226 g/mol. The molecule has 0 aliphatic heterocycles. The van der Waals surface area contributed by atoms with E-state index in [0.29, 0.717) is 5.56 Å². The minimum Gasteiger partial charge on any atom is -0.342 e. The van der Waals surface area contributed by atoms with Gasteiger partial charge in [0.05, 0.1) is 6.04 Å². The van der Waals surface area contributed by atoms with Crippen molar-refractivity contribution in [3.05, 3.63) is 35.6 Å². The van der Waals surface area contributed by atoms with Crippen molar-refractivity contribution < 1.29 is 22.4 Å². The number of benzene rings is 1. The molecule has 1 amide bonds. The minimum atomic E-state index is -4.91. The van der Waals surface area contributed by atoms with Crippen LogP contribution in [0.1, 0.15) is 18.5 Å². The first-order chi connectivity index (χ1) is 7.30. The number of hydrogen-bond acceptors (Lipinski definition) is 1. The number of alkyl halides is 3. The summed E-state index contributed by atoms with van der Waals surface area (Å²) in [4.78, 5) is 10.6. The van der Waals surface area contributed by atoms with E-state index in [1.54, 1.807) is 5.32 Å². The summed E-state index contributed by atoms with van der Waals surface area (Å²) in [5.74, 6) is -2.50. The summed E-state index contributed by atoms with van der Waals surface area (Å²) >= 11 is 0. The van der Waals surface area contributed by atoms with E-state index in [9.17, 15) is 22.4 Å². The molecule has 0 aliphatic rings. The normalized spacial score (nSPS) is 13.3. The molecule has 1 aromatic carbocycles. The molecule has 1 N–H and O–H groups in total. The van der Waals surface area contributed by atoms with Crippen LogP contribution in [0.2, 0.25) is 0 Å². The molecule has 0 heterocycles. The molecule has 6 heteroatoms. The number of carbonyl (C=O) groups is 1. The lowest BCUT2D eigenvalue weighted by Crippen LogP contribution is -2.38. The molecular formula is C10H9F4NO. The van der Waals surface area contributed by atoms with Crippen LogP contribution in [-0.2, 0) is 4.79 Å². The first-order valence-corrected chi connectivity index (χ1v) is 4.44. The summed E-state index contributed by atoms with van der Waals surface area (Å²) < 4.78 is 48.3. The number of carbonyl (C=O) groups excluding carboxylic acids is 1. The van der Waals surface area contributed by atoms with Gasteiger partial charge in [-0.05, 0) is 24.6 Å². The van der Waals surface area contributed by atoms with E-state index in [1.807, 2.05) is 0 Å². The molecule has 1 atom stereocenters. The number of hydrogen-bond donors (Lipinski definition) is 1. The quantitative estimate of drug-likeness (QED) is 0.784. The van der Waals surface area contributed by atoms with E-state index in [0.717, 1.165) is 12.1 Å². The Morgan fingerprint density at radius 1 is 1.25 bits per heavy atom. The van der Waals surface area contributed by atoms with Crippen molar-refractivity contribution >= 4 is 5.91 Å². The van der Waals surface area contributed by atoms with Crippen LogP contribution in [0, 0.1) is 5.82 Å². The van der Waals surface area contributed by atoms with Gasteiger partial charge >= 0.3 is 12.1 Å². The molecule has 16 heavy (non-hydrogen) atoms. The van der Waals surface area contributed by atoms with E-state index in [4.69, 9.17) is 0 Å². The Morgan fingerprint density at radius 3 is 2.19 bits per heavy atom. The van der Waals surface area contributed by atoms with Gasteiger partial charge in [-0.3, -0.25) is 4.79 Å². The molecule has 1 aromatic rings. The van der Waals surface area contributed by atoms with Crippen LogP contribution in [0.3, 0.4) is 0 Å². The highest BCUT2D eigenvalue weighted by atomic mass is 19.4. The van der Waals surface area contributed by atoms with Crippen LogP contribution >= 0.6 is 0 Å². The second-order valence-electron chi connectivity index (χ2n) is 3.24. The molecule has 0 saturated heterocycles. The lowest BCUT2D eigenvalue weighted by atomic mass is 10.1. The Morgan fingerprint density at radius 2 is 1.75 bits per heavy atom. The highest BCUT2D eigenvalue weighted by molar-refractivity contribution is 5.82. The Balaban J connectivity index is 2.69. The second-order valence-corrected chi connectivity index (χ2v) is 3.24. The molecule has 0 spiro atoms. The molecule has 0 aromatic heterocycles. The van der Waals surface area contributed by atoms with Gasteiger partial charge in [0.2, 0.25) is 0 Å². The standard InChI is InChI=1S/C10H9F4NO/c1-6(15-9(16)10(12,13)14)7-2-4-8(11)5-3-7/h2-6H,1H3,(H,15,16). The summed E-state index contributed by atoms with van der Waals surface area (Å²) in [5.41, 5.74) is 0.402. The molecule has 0 bridgehead atoms. The smallest absolute Gasteiger partial charge is 0.342 e. The van der Waals surface area contributed by atoms with Gasteiger partial charge in [-0.25, -0.2) is 4.39 Å². The Kier molecular flexibility index (Phi) is 3.51. The van der Waals surface area contributed by atoms with Crippen molar-refractivity contribution in [2.45, 2.75) is 19.1 Å². The van der Waals surface area contributed by atoms with Gasteiger partial charge in [-0.15, -0.1) is 0 Å². The number of halogens is 4. The van der Waals surface area contributed by atoms with E-state index < -0.39 is 23.9 Å². The molecule has 0 radical (unpaired) electrons. The summed E-state index contributed by atoms with van der Waals surface area (Å²) in [5, 5.41) is 1.77. The number of nitrogens with one attached hydrogen (secondary N) is 1. The summed E-state index contributed by atoms with van der Waals surface area (Å²) in [6.07, 6.45) is -4.91. The van der Waals surface area contributed by atoms with Crippen LogP contribution in [0.5, 0.6) is 0 Å². The molecule has 0 fully saturated rings. The van der Waals surface area contributed by atoms with E-state index >= 15 is 0 Å². The van der Waals surface area contributed by atoms with Crippen molar-refractivity contribution in [1.29, 1.82) is 0 Å². The van der Waals surface area contributed by atoms with Crippen molar-refractivity contribution in [2.24, 2.45) is 0 Å². The highest BCUT2D eigenvalue weighted by Crippen LogP contribution is 2.18. The van der Waals surface area contributed by atoms with Crippen molar-refractivity contribution in [2.75, 3.05) is 0 Å². The monoisotopic (exact) mass is 235 g/mol. The molecule has 88 valence electrons.